The smallest absolute Gasteiger partial charge is 0.167 e. The van der Waals surface area contributed by atoms with Crippen LogP contribution in [-0.2, 0) is 6.42 Å². The average molecular weight is 181 g/mol. The molecule has 3 nitrogen and oxygen atoms in total. The summed E-state index contributed by atoms with van der Waals surface area (Å²) in [5.41, 5.74) is 3.64. The van der Waals surface area contributed by atoms with Gasteiger partial charge in [0.25, 0.3) is 0 Å². The minimum Gasteiger partial charge on any atom is -0.595 e. The van der Waals surface area contributed by atoms with E-state index >= 15 is 0 Å². The minimum atomic E-state index is -0.833. The first-order valence-corrected chi connectivity index (χ1v) is 4.40. The maximum atomic E-state index is 10.8. The molecule has 0 bridgehead atoms. The highest BCUT2D eigenvalue weighted by molar-refractivity contribution is 5.48. The van der Waals surface area contributed by atoms with E-state index in [0.717, 1.165) is 23.1 Å². The first-order valence-electron chi connectivity index (χ1n) is 4.40. The zero-order valence-corrected chi connectivity index (χ0v) is 8.22. The SMILES string of the molecule is CCc1c([NH+]([O-])O)ccc(C)c1C. The van der Waals surface area contributed by atoms with Crippen molar-refractivity contribution in [3.63, 3.8) is 0 Å². The second-order valence-corrected chi connectivity index (χ2v) is 3.19. The van der Waals surface area contributed by atoms with Crippen LogP contribution in [0.25, 0.3) is 0 Å². The van der Waals surface area contributed by atoms with Gasteiger partial charge in [0.05, 0.1) is 0 Å². The van der Waals surface area contributed by atoms with Crippen molar-refractivity contribution < 1.29 is 10.4 Å². The number of quaternary nitrogens is 1. The van der Waals surface area contributed by atoms with E-state index in [9.17, 15) is 5.21 Å². The van der Waals surface area contributed by atoms with Gasteiger partial charge >= 0.3 is 0 Å². The molecule has 1 aromatic rings. The predicted molar refractivity (Wildman–Crippen MR) is 51.1 cm³/mol. The van der Waals surface area contributed by atoms with E-state index in [0.29, 0.717) is 5.69 Å². The zero-order valence-electron chi connectivity index (χ0n) is 8.22. The van der Waals surface area contributed by atoms with Gasteiger partial charge in [0.1, 0.15) is 0 Å². The summed E-state index contributed by atoms with van der Waals surface area (Å²) in [6, 6.07) is 3.54. The molecule has 0 aromatic heterocycles. The largest absolute Gasteiger partial charge is 0.595 e. The standard InChI is InChI=1S/C10H15NO2/c1-4-9-8(3)7(2)5-6-10(9)11(12)13/h5-6,11-12H,4H2,1-3H3. The Morgan fingerprint density at radius 3 is 2.46 bits per heavy atom. The highest BCUT2D eigenvalue weighted by Gasteiger charge is 2.10. The van der Waals surface area contributed by atoms with E-state index in [2.05, 4.69) is 0 Å². The fraction of sp³-hybridized carbons (Fsp3) is 0.400. The number of nitrogens with one attached hydrogen (secondary N) is 1. The molecule has 0 heterocycles. The summed E-state index contributed by atoms with van der Waals surface area (Å²) in [7, 11) is 0. The Morgan fingerprint density at radius 2 is 2.00 bits per heavy atom. The van der Waals surface area contributed by atoms with Gasteiger partial charge in [-0.1, -0.05) is 13.0 Å². The van der Waals surface area contributed by atoms with Crippen LogP contribution in [0.15, 0.2) is 12.1 Å². The molecular formula is C10H15NO2. The molecular weight excluding hydrogens is 166 g/mol. The predicted octanol–water partition coefficient (Wildman–Crippen LogP) is 1.27. The van der Waals surface area contributed by atoms with Crippen molar-refractivity contribution in [3.05, 3.63) is 34.0 Å². The number of aryl methyl sites for hydroxylation is 1. The van der Waals surface area contributed by atoms with Crippen LogP contribution in [0.4, 0.5) is 5.69 Å². The van der Waals surface area contributed by atoms with Crippen molar-refractivity contribution in [1.29, 1.82) is 0 Å². The van der Waals surface area contributed by atoms with Crippen LogP contribution >= 0.6 is 0 Å². The van der Waals surface area contributed by atoms with E-state index in [1.807, 2.05) is 26.8 Å². The van der Waals surface area contributed by atoms with E-state index < -0.39 is 5.23 Å². The van der Waals surface area contributed by atoms with Gasteiger partial charge in [-0.15, -0.1) is 0 Å². The molecule has 0 radical (unpaired) electrons. The molecule has 2 N–H and O–H groups in total. The van der Waals surface area contributed by atoms with Crippen LogP contribution in [0, 0.1) is 19.1 Å². The van der Waals surface area contributed by atoms with Crippen LogP contribution in [0.5, 0.6) is 0 Å². The highest BCUT2D eigenvalue weighted by Crippen LogP contribution is 2.19. The second kappa shape index (κ2) is 3.87. The third-order valence-corrected chi connectivity index (χ3v) is 2.45. The van der Waals surface area contributed by atoms with E-state index in [-0.39, 0.29) is 0 Å². The van der Waals surface area contributed by atoms with Gasteiger partial charge < -0.3 is 5.21 Å². The van der Waals surface area contributed by atoms with E-state index in [1.165, 1.54) is 0 Å². The Bertz CT molecular complexity index is 308. The maximum Gasteiger partial charge on any atom is 0.167 e. The number of hydrogen-bond donors (Lipinski definition) is 2. The second-order valence-electron chi connectivity index (χ2n) is 3.19. The Hall–Kier alpha value is -0.900. The van der Waals surface area contributed by atoms with Crippen molar-refractivity contribution in [1.82, 2.24) is 0 Å². The molecule has 3 heteroatoms. The van der Waals surface area contributed by atoms with Crippen LogP contribution in [0.3, 0.4) is 0 Å². The Balaban J connectivity index is 3.30. The van der Waals surface area contributed by atoms with Crippen molar-refractivity contribution >= 4 is 5.69 Å². The highest BCUT2D eigenvalue weighted by atomic mass is 16.8. The Kier molecular flexibility index (Phi) is 3.03. The van der Waals surface area contributed by atoms with Crippen LogP contribution in [0.1, 0.15) is 23.6 Å². The monoisotopic (exact) mass is 181 g/mol. The third-order valence-electron chi connectivity index (χ3n) is 2.45. The number of rotatable bonds is 2. The minimum absolute atomic E-state index is 0.436. The zero-order chi connectivity index (χ0) is 10.0. The van der Waals surface area contributed by atoms with E-state index in [1.54, 1.807) is 6.07 Å². The molecule has 1 rings (SSSR count). The number of benzene rings is 1. The van der Waals surface area contributed by atoms with Gasteiger partial charge in [0, 0.05) is 11.6 Å². The lowest BCUT2D eigenvalue weighted by Crippen LogP contribution is -2.99. The number of hydrogen-bond acceptors (Lipinski definition) is 2. The van der Waals surface area contributed by atoms with Gasteiger partial charge in [0.2, 0.25) is 0 Å². The van der Waals surface area contributed by atoms with Gasteiger partial charge in [-0.05, 0) is 31.4 Å². The molecule has 0 fully saturated rings. The first-order chi connectivity index (χ1) is 6.07. The van der Waals surface area contributed by atoms with E-state index in [4.69, 9.17) is 5.21 Å². The summed E-state index contributed by atoms with van der Waals surface area (Å²) in [6.07, 6.45) is 0.773. The fourth-order valence-electron chi connectivity index (χ4n) is 1.53. The molecule has 1 aromatic carbocycles. The molecule has 13 heavy (non-hydrogen) atoms. The molecule has 0 spiro atoms. The first kappa shape index (κ1) is 10.2. The van der Waals surface area contributed by atoms with Crippen molar-refractivity contribution in [2.75, 3.05) is 0 Å². The normalized spacial score (nSPS) is 13.0. The van der Waals surface area contributed by atoms with Crippen molar-refractivity contribution in [2.45, 2.75) is 27.2 Å². The molecule has 0 aliphatic rings. The molecule has 0 saturated carbocycles. The molecule has 0 aliphatic heterocycles. The topological polar surface area (TPSA) is 47.7 Å². The average Bonchev–Trinajstić information content (AvgIpc) is 2.09. The molecule has 1 unspecified atom stereocenters. The van der Waals surface area contributed by atoms with Gasteiger partial charge in [-0.2, -0.15) is 5.23 Å². The summed E-state index contributed by atoms with van der Waals surface area (Å²) in [6.45, 7) is 5.95. The summed E-state index contributed by atoms with van der Waals surface area (Å²) < 4.78 is 0. The molecule has 0 saturated heterocycles. The summed E-state index contributed by atoms with van der Waals surface area (Å²) in [5.74, 6) is 0. The Morgan fingerprint density at radius 1 is 1.38 bits per heavy atom. The van der Waals surface area contributed by atoms with Crippen LogP contribution in [-0.4, -0.2) is 5.21 Å². The lowest BCUT2D eigenvalue weighted by atomic mass is 10.00. The lowest BCUT2D eigenvalue weighted by molar-refractivity contribution is -0.991. The molecule has 1 atom stereocenters. The van der Waals surface area contributed by atoms with Crippen molar-refractivity contribution in [3.8, 4) is 0 Å². The molecule has 0 aliphatic carbocycles. The summed E-state index contributed by atoms with van der Waals surface area (Å²) in [5, 5.41) is 18.9. The van der Waals surface area contributed by atoms with Crippen molar-refractivity contribution in [2.24, 2.45) is 0 Å². The maximum absolute atomic E-state index is 10.8. The quantitative estimate of drug-likeness (QED) is 0.675. The molecule has 72 valence electrons. The third kappa shape index (κ3) is 1.88. The molecule has 0 amide bonds. The van der Waals surface area contributed by atoms with Gasteiger partial charge in [-0.25, -0.2) is 5.21 Å². The summed E-state index contributed by atoms with van der Waals surface area (Å²) >= 11 is 0. The van der Waals surface area contributed by atoms with Gasteiger partial charge in [0.15, 0.2) is 5.69 Å². The Labute approximate surface area is 78.1 Å². The summed E-state index contributed by atoms with van der Waals surface area (Å²) in [4.78, 5) is 0. The van der Waals surface area contributed by atoms with Crippen LogP contribution < -0.4 is 5.23 Å². The van der Waals surface area contributed by atoms with Crippen LogP contribution in [0.2, 0.25) is 0 Å². The van der Waals surface area contributed by atoms with Gasteiger partial charge in [-0.3, -0.25) is 0 Å². The fourth-order valence-corrected chi connectivity index (χ4v) is 1.53. The lowest BCUT2D eigenvalue weighted by Gasteiger charge is -2.17.